The zero-order valence-corrected chi connectivity index (χ0v) is 24.0. The second kappa shape index (κ2) is 25.0. The van der Waals surface area contributed by atoms with Crippen LogP contribution in [0.2, 0.25) is 0 Å². The highest BCUT2D eigenvalue weighted by Gasteiger charge is 2.24. The van der Waals surface area contributed by atoms with E-state index in [2.05, 4.69) is 24.9 Å². The molecule has 1 N–H and O–H groups in total. The van der Waals surface area contributed by atoms with Crippen molar-refractivity contribution >= 4 is 0 Å². The van der Waals surface area contributed by atoms with Crippen LogP contribution in [0.4, 0.5) is 0 Å². The van der Waals surface area contributed by atoms with Crippen molar-refractivity contribution in [2.24, 2.45) is 0 Å². The van der Waals surface area contributed by atoms with E-state index in [1.165, 1.54) is 154 Å². The SMILES string of the molecule is CCCCCCCCCCCCCCC1=CN(CCCCCCCCCCCCCC)C(CO)O1. The normalized spacial score (nSPS) is 15.6. The average Bonchev–Trinajstić information content (AvgIpc) is 3.27. The van der Waals surface area contributed by atoms with Gasteiger partial charge in [-0.05, 0) is 12.8 Å². The first-order valence-electron chi connectivity index (χ1n) is 16.1. The monoisotopic (exact) mass is 493 g/mol. The second-order valence-corrected chi connectivity index (χ2v) is 11.1. The summed E-state index contributed by atoms with van der Waals surface area (Å²) >= 11 is 0. The van der Waals surface area contributed by atoms with Crippen LogP contribution in [0.15, 0.2) is 12.0 Å². The Morgan fingerprint density at radius 3 is 1.34 bits per heavy atom. The standard InChI is InChI=1S/C32H63NO2/c1-3-5-7-9-11-13-15-17-19-21-23-25-27-31-29-33(32(30-34)35-31)28-26-24-22-20-18-16-14-12-10-8-6-4-2/h29,32,34H,3-28,30H2,1-2H3. The van der Waals surface area contributed by atoms with E-state index < -0.39 is 0 Å². The summed E-state index contributed by atoms with van der Waals surface area (Å²) in [5, 5.41) is 9.72. The van der Waals surface area contributed by atoms with Gasteiger partial charge in [0.2, 0.25) is 0 Å². The maximum Gasteiger partial charge on any atom is 0.194 e. The van der Waals surface area contributed by atoms with Gasteiger partial charge in [0.25, 0.3) is 0 Å². The molecular weight excluding hydrogens is 430 g/mol. The molecule has 1 heterocycles. The summed E-state index contributed by atoms with van der Waals surface area (Å²) in [4.78, 5) is 2.24. The molecule has 35 heavy (non-hydrogen) atoms. The lowest BCUT2D eigenvalue weighted by Crippen LogP contribution is -2.32. The van der Waals surface area contributed by atoms with Crippen molar-refractivity contribution < 1.29 is 9.84 Å². The minimum Gasteiger partial charge on any atom is -0.471 e. The minimum absolute atomic E-state index is 0.0939. The zero-order valence-electron chi connectivity index (χ0n) is 24.0. The number of unbranched alkanes of at least 4 members (excludes halogenated alkanes) is 22. The summed E-state index contributed by atoms with van der Waals surface area (Å²) in [7, 11) is 0. The maximum atomic E-state index is 9.72. The molecule has 0 saturated heterocycles. The molecule has 0 aliphatic carbocycles. The Morgan fingerprint density at radius 1 is 0.571 bits per heavy atom. The summed E-state index contributed by atoms with van der Waals surface area (Å²) in [6.07, 6.45) is 36.2. The first-order chi connectivity index (χ1) is 17.3. The molecule has 1 unspecified atom stereocenters. The number of rotatable bonds is 27. The number of hydrogen-bond acceptors (Lipinski definition) is 3. The first kappa shape index (κ1) is 32.3. The Bertz CT molecular complexity index is 464. The molecule has 0 amide bonds. The van der Waals surface area contributed by atoms with E-state index in [1.54, 1.807) is 0 Å². The zero-order chi connectivity index (χ0) is 25.2. The molecule has 0 aromatic rings. The molecule has 1 atom stereocenters. The van der Waals surface area contributed by atoms with Gasteiger partial charge >= 0.3 is 0 Å². The molecule has 0 aromatic carbocycles. The Balaban J connectivity index is 1.95. The smallest absolute Gasteiger partial charge is 0.194 e. The quantitative estimate of drug-likeness (QED) is 0.115. The van der Waals surface area contributed by atoms with E-state index in [-0.39, 0.29) is 12.8 Å². The van der Waals surface area contributed by atoms with Crippen LogP contribution in [-0.4, -0.2) is 29.4 Å². The number of aliphatic hydroxyl groups is 1. The topological polar surface area (TPSA) is 32.7 Å². The number of aliphatic hydroxyl groups excluding tert-OH is 1. The Kier molecular flexibility index (Phi) is 23.1. The lowest BCUT2D eigenvalue weighted by molar-refractivity contribution is -0.00491. The molecule has 1 aliphatic rings. The highest BCUT2D eigenvalue weighted by Crippen LogP contribution is 2.24. The Morgan fingerprint density at radius 2 is 0.943 bits per heavy atom. The van der Waals surface area contributed by atoms with E-state index in [1.807, 2.05) is 0 Å². The van der Waals surface area contributed by atoms with Crippen molar-refractivity contribution in [1.82, 2.24) is 4.90 Å². The van der Waals surface area contributed by atoms with Crippen molar-refractivity contribution in [3.63, 3.8) is 0 Å². The molecular formula is C32H63NO2. The number of nitrogens with zero attached hydrogens (tertiary/aromatic N) is 1. The van der Waals surface area contributed by atoms with Crippen LogP contribution < -0.4 is 0 Å². The van der Waals surface area contributed by atoms with E-state index in [0.29, 0.717) is 0 Å². The van der Waals surface area contributed by atoms with Crippen LogP contribution in [-0.2, 0) is 4.74 Å². The van der Waals surface area contributed by atoms with Crippen molar-refractivity contribution in [2.45, 2.75) is 181 Å². The van der Waals surface area contributed by atoms with Crippen molar-refractivity contribution in [3.8, 4) is 0 Å². The third-order valence-corrected chi connectivity index (χ3v) is 7.67. The van der Waals surface area contributed by atoms with Crippen molar-refractivity contribution in [1.29, 1.82) is 0 Å². The molecule has 1 aliphatic heterocycles. The fraction of sp³-hybridized carbons (Fsp3) is 0.938. The van der Waals surface area contributed by atoms with Gasteiger partial charge in [0, 0.05) is 19.2 Å². The average molecular weight is 494 g/mol. The molecule has 0 spiro atoms. The van der Waals surface area contributed by atoms with E-state index in [0.717, 1.165) is 18.7 Å². The van der Waals surface area contributed by atoms with Crippen molar-refractivity contribution in [3.05, 3.63) is 12.0 Å². The van der Waals surface area contributed by atoms with Gasteiger partial charge in [-0.25, -0.2) is 0 Å². The summed E-state index contributed by atoms with van der Waals surface area (Å²) in [5.74, 6) is 1.09. The number of hydrogen-bond donors (Lipinski definition) is 1. The molecule has 3 heteroatoms. The molecule has 0 aromatic heterocycles. The molecule has 0 saturated carbocycles. The predicted molar refractivity (Wildman–Crippen MR) is 154 cm³/mol. The summed E-state index contributed by atoms with van der Waals surface area (Å²) in [5.41, 5.74) is 0. The third-order valence-electron chi connectivity index (χ3n) is 7.67. The van der Waals surface area contributed by atoms with Gasteiger partial charge in [0.05, 0.1) is 6.61 Å². The highest BCUT2D eigenvalue weighted by atomic mass is 16.5. The lowest BCUT2D eigenvalue weighted by atomic mass is 10.0. The van der Waals surface area contributed by atoms with Gasteiger partial charge in [-0.1, -0.05) is 155 Å². The van der Waals surface area contributed by atoms with Crippen LogP contribution in [0, 0.1) is 0 Å². The number of allylic oxidation sites excluding steroid dienone is 1. The van der Waals surface area contributed by atoms with E-state index in [9.17, 15) is 5.11 Å². The van der Waals surface area contributed by atoms with E-state index >= 15 is 0 Å². The van der Waals surface area contributed by atoms with Gasteiger partial charge < -0.3 is 14.7 Å². The Hall–Kier alpha value is -0.700. The first-order valence-corrected chi connectivity index (χ1v) is 16.1. The largest absolute Gasteiger partial charge is 0.471 e. The van der Waals surface area contributed by atoms with Crippen LogP contribution in [0.5, 0.6) is 0 Å². The van der Waals surface area contributed by atoms with Crippen LogP contribution in [0.25, 0.3) is 0 Å². The van der Waals surface area contributed by atoms with Gasteiger partial charge in [0.1, 0.15) is 5.76 Å². The van der Waals surface area contributed by atoms with Gasteiger partial charge in [0.15, 0.2) is 6.23 Å². The second-order valence-electron chi connectivity index (χ2n) is 11.1. The molecule has 3 nitrogen and oxygen atoms in total. The minimum atomic E-state index is -0.143. The molecule has 0 radical (unpaired) electrons. The molecule has 0 bridgehead atoms. The molecule has 0 fully saturated rings. The third kappa shape index (κ3) is 19.1. The summed E-state index contributed by atoms with van der Waals surface area (Å²) in [6.45, 7) is 5.69. The fourth-order valence-corrected chi connectivity index (χ4v) is 5.29. The molecule has 208 valence electrons. The fourth-order valence-electron chi connectivity index (χ4n) is 5.29. The van der Waals surface area contributed by atoms with E-state index in [4.69, 9.17) is 4.74 Å². The highest BCUT2D eigenvalue weighted by molar-refractivity contribution is 5.00. The maximum absolute atomic E-state index is 9.72. The summed E-state index contributed by atoms with van der Waals surface area (Å²) < 4.78 is 6.02. The number of ether oxygens (including phenoxy) is 1. The lowest BCUT2D eigenvalue weighted by Gasteiger charge is -2.22. The van der Waals surface area contributed by atoms with Gasteiger partial charge in [-0.3, -0.25) is 0 Å². The van der Waals surface area contributed by atoms with Crippen molar-refractivity contribution in [2.75, 3.05) is 13.2 Å². The van der Waals surface area contributed by atoms with Gasteiger partial charge in [-0.2, -0.15) is 0 Å². The summed E-state index contributed by atoms with van der Waals surface area (Å²) in [6, 6.07) is 0. The van der Waals surface area contributed by atoms with Crippen LogP contribution in [0.3, 0.4) is 0 Å². The molecule has 1 rings (SSSR count). The Labute approximate surface area is 220 Å². The van der Waals surface area contributed by atoms with Gasteiger partial charge in [-0.15, -0.1) is 0 Å². The van der Waals surface area contributed by atoms with Crippen LogP contribution in [0.1, 0.15) is 174 Å². The van der Waals surface area contributed by atoms with Crippen LogP contribution >= 0.6 is 0 Å². The predicted octanol–water partition coefficient (Wildman–Crippen LogP) is 10.3.